The van der Waals surface area contributed by atoms with Gasteiger partial charge in [-0.05, 0) is 37.9 Å². The second-order valence-electron chi connectivity index (χ2n) is 5.35. The van der Waals surface area contributed by atoms with E-state index in [1.54, 1.807) is 12.1 Å². The normalized spacial score (nSPS) is 20.6. The predicted octanol–water partition coefficient (Wildman–Crippen LogP) is 1.64. The van der Waals surface area contributed by atoms with Crippen molar-refractivity contribution in [3.63, 3.8) is 0 Å². The maximum atomic E-state index is 12.6. The largest absolute Gasteiger partial charge is 0.377 e. The van der Waals surface area contributed by atoms with Crippen molar-refractivity contribution >= 4 is 10.0 Å². The topological polar surface area (TPSA) is 67.4 Å². The first kappa shape index (κ1) is 16.4. The van der Waals surface area contributed by atoms with E-state index in [1.807, 2.05) is 26.0 Å². The number of hydrogen-bond donors (Lipinski definition) is 2. The van der Waals surface area contributed by atoms with Crippen molar-refractivity contribution in [3.05, 3.63) is 29.8 Å². The summed E-state index contributed by atoms with van der Waals surface area (Å²) in [6.45, 7) is 5.92. The third kappa shape index (κ3) is 4.26. The van der Waals surface area contributed by atoms with E-state index in [-0.39, 0.29) is 12.1 Å². The molecule has 6 heteroatoms. The van der Waals surface area contributed by atoms with Crippen LogP contribution in [0.4, 0.5) is 0 Å². The van der Waals surface area contributed by atoms with E-state index in [0.717, 1.165) is 24.9 Å². The average Bonchev–Trinajstić information content (AvgIpc) is 2.99. The van der Waals surface area contributed by atoms with Gasteiger partial charge in [-0.1, -0.05) is 25.1 Å². The van der Waals surface area contributed by atoms with Crippen molar-refractivity contribution in [1.82, 2.24) is 10.0 Å². The molecule has 1 aliphatic rings. The van der Waals surface area contributed by atoms with E-state index in [0.29, 0.717) is 18.0 Å². The van der Waals surface area contributed by atoms with Crippen LogP contribution in [0.2, 0.25) is 0 Å². The van der Waals surface area contributed by atoms with Gasteiger partial charge in [0.2, 0.25) is 10.0 Å². The van der Waals surface area contributed by atoms with Crippen molar-refractivity contribution in [2.24, 2.45) is 0 Å². The Morgan fingerprint density at radius 3 is 2.81 bits per heavy atom. The first-order valence-corrected chi connectivity index (χ1v) is 8.95. The molecule has 0 aromatic heterocycles. The van der Waals surface area contributed by atoms with Gasteiger partial charge >= 0.3 is 0 Å². The van der Waals surface area contributed by atoms with Gasteiger partial charge in [0.05, 0.1) is 11.0 Å². The molecule has 1 heterocycles. The van der Waals surface area contributed by atoms with Crippen LogP contribution in [-0.2, 0) is 21.3 Å². The summed E-state index contributed by atoms with van der Waals surface area (Å²) in [5.41, 5.74) is 0.784. The highest BCUT2D eigenvalue weighted by Crippen LogP contribution is 2.19. The third-order valence-corrected chi connectivity index (χ3v) is 5.35. The van der Waals surface area contributed by atoms with Gasteiger partial charge in [-0.3, -0.25) is 0 Å². The minimum atomic E-state index is -3.53. The zero-order valence-corrected chi connectivity index (χ0v) is 13.4. The monoisotopic (exact) mass is 312 g/mol. The number of rotatable bonds is 7. The predicted molar refractivity (Wildman–Crippen MR) is 82.6 cm³/mol. The first-order chi connectivity index (χ1) is 10.0. The highest BCUT2D eigenvalue weighted by Gasteiger charge is 2.27. The summed E-state index contributed by atoms with van der Waals surface area (Å²) in [5.74, 6) is 0. The van der Waals surface area contributed by atoms with E-state index in [4.69, 9.17) is 4.74 Å². The molecular weight excluding hydrogens is 288 g/mol. The Morgan fingerprint density at radius 1 is 1.38 bits per heavy atom. The molecule has 1 aromatic rings. The molecule has 0 radical (unpaired) electrons. The Labute approximate surface area is 127 Å². The molecule has 0 bridgehead atoms. The average molecular weight is 312 g/mol. The van der Waals surface area contributed by atoms with Crippen LogP contribution in [0.15, 0.2) is 29.2 Å². The fourth-order valence-electron chi connectivity index (χ4n) is 2.55. The van der Waals surface area contributed by atoms with E-state index >= 15 is 0 Å². The van der Waals surface area contributed by atoms with Crippen molar-refractivity contribution in [2.75, 3.05) is 13.2 Å². The first-order valence-electron chi connectivity index (χ1n) is 7.47. The second kappa shape index (κ2) is 7.35. The zero-order chi connectivity index (χ0) is 15.3. The molecule has 0 spiro atoms. The van der Waals surface area contributed by atoms with Crippen molar-refractivity contribution in [3.8, 4) is 0 Å². The van der Waals surface area contributed by atoms with Gasteiger partial charge in [0.15, 0.2) is 0 Å². The van der Waals surface area contributed by atoms with Gasteiger partial charge in [0.25, 0.3) is 0 Å². The Kier molecular flexibility index (Phi) is 5.75. The molecule has 0 aliphatic carbocycles. The minimum absolute atomic E-state index is 0.0271. The van der Waals surface area contributed by atoms with Gasteiger partial charge in [-0.15, -0.1) is 0 Å². The summed E-state index contributed by atoms with van der Waals surface area (Å²) in [5, 5.41) is 3.17. The smallest absolute Gasteiger partial charge is 0.241 e. The molecule has 5 nitrogen and oxygen atoms in total. The standard InChI is InChI=1S/C15H24N2O3S/c1-3-16-11-13-7-4-5-9-15(13)21(18,19)17-12(2)14-8-6-10-20-14/h4-5,7,9,12,14,16-17H,3,6,8,10-11H2,1-2H3. The Balaban J connectivity index is 2.14. The molecule has 21 heavy (non-hydrogen) atoms. The van der Waals surface area contributed by atoms with Gasteiger partial charge < -0.3 is 10.1 Å². The summed E-state index contributed by atoms with van der Waals surface area (Å²) in [4.78, 5) is 0.343. The van der Waals surface area contributed by atoms with E-state index in [2.05, 4.69) is 10.0 Å². The summed E-state index contributed by atoms with van der Waals surface area (Å²) in [6.07, 6.45) is 1.87. The van der Waals surface area contributed by atoms with Crippen LogP contribution in [0.5, 0.6) is 0 Å². The molecule has 2 N–H and O–H groups in total. The fourth-order valence-corrected chi connectivity index (χ4v) is 4.06. The molecule has 1 aromatic carbocycles. The zero-order valence-electron chi connectivity index (χ0n) is 12.6. The second-order valence-corrected chi connectivity index (χ2v) is 7.03. The maximum Gasteiger partial charge on any atom is 0.241 e. The lowest BCUT2D eigenvalue weighted by atomic mass is 10.1. The van der Waals surface area contributed by atoms with Crippen LogP contribution < -0.4 is 10.0 Å². The molecular formula is C15H24N2O3S. The van der Waals surface area contributed by atoms with Gasteiger partial charge in [-0.25, -0.2) is 13.1 Å². The fraction of sp³-hybridized carbons (Fsp3) is 0.600. The summed E-state index contributed by atoms with van der Waals surface area (Å²) >= 11 is 0. The highest BCUT2D eigenvalue weighted by molar-refractivity contribution is 7.89. The molecule has 1 aliphatic heterocycles. The number of benzene rings is 1. The molecule has 2 unspecified atom stereocenters. The molecule has 1 fully saturated rings. The number of hydrogen-bond acceptors (Lipinski definition) is 4. The SMILES string of the molecule is CCNCc1ccccc1S(=O)(=O)NC(C)C1CCCO1. The lowest BCUT2D eigenvalue weighted by Crippen LogP contribution is -2.41. The summed E-state index contributed by atoms with van der Waals surface area (Å²) in [6, 6.07) is 6.88. The van der Waals surface area contributed by atoms with Gasteiger partial charge in [0, 0.05) is 19.2 Å². The summed E-state index contributed by atoms with van der Waals surface area (Å²) in [7, 11) is -3.53. The summed E-state index contributed by atoms with van der Waals surface area (Å²) < 4.78 is 33.5. The Morgan fingerprint density at radius 2 is 2.14 bits per heavy atom. The third-order valence-electron chi connectivity index (χ3n) is 3.69. The van der Waals surface area contributed by atoms with E-state index in [9.17, 15) is 8.42 Å². The molecule has 0 saturated carbocycles. The van der Waals surface area contributed by atoms with E-state index in [1.165, 1.54) is 0 Å². The van der Waals surface area contributed by atoms with Crippen LogP contribution in [-0.4, -0.2) is 33.7 Å². The molecule has 2 atom stereocenters. The number of sulfonamides is 1. The molecule has 118 valence electrons. The lowest BCUT2D eigenvalue weighted by Gasteiger charge is -2.21. The van der Waals surface area contributed by atoms with Crippen LogP contribution in [0.1, 0.15) is 32.3 Å². The van der Waals surface area contributed by atoms with E-state index < -0.39 is 10.0 Å². The highest BCUT2D eigenvalue weighted by atomic mass is 32.2. The van der Waals surface area contributed by atoms with Crippen molar-refractivity contribution in [2.45, 2.75) is 50.3 Å². The van der Waals surface area contributed by atoms with Crippen LogP contribution in [0.25, 0.3) is 0 Å². The van der Waals surface area contributed by atoms with Crippen LogP contribution >= 0.6 is 0 Å². The van der Waals surface area contributed by atoms with Gasteiger partial charge in [0.1, 0.15) is 0 Å². The van der Waals surface area contributed by atoms with Crippen molar-refractivity contribution < 1.29 is 13.2 Å². The molecule has 0 amide bonds. The van der Waals surface area contributed by atoms with Crippen molar-refractivity contribution in [1.29, 1.82) is 0 Å². The Hall–Kier alpha value is -0.950. The molecule has 2 rings (SSSR count). The Bertz CT molecular complexity index is 554. The maximum absolute atomic E-state index is 12.6. The lowest BCUT2D eigenvalue weighted by molar-refractivity contribution is 0.0902. The molecule has 1 saturated heterocycles. The number of ether oxygens (including phenoxy) is 1. The quantitative estimate of drug-likeness (QED) is 0.803. The van der Waals surface area contributed by atoms with Crippen LogP contribution in [0, 0.1) is 0 Å². The minimum Gasteiger partial charge on any atom is -0.377 e. The van der Waals surface area contributed by atoms with Crippen LogP contribution in [0.3, 0.4) is 0 Å². The number of nitrogens with one attached hydrogen (secondary N) is 2. The van der Waals surface area contributed by atoms with Gasteiger partial charge in [-0.2, -0.15) is 0 Å².